The van der Waals surface area contributed by atoms with E-state index in [9.17, 15) is 14.4 Å². The van der Waals surface area contributed by atoms with Gasteiger partial charge in [-0.2, -0.15) is 0 Å². The lowest BCUT2D eigenvalue weighted by molar-refractivity contribution is -0.139. The molecule has 5 N–H and O–H groups in total. The van der Waals surface area contributed by atoms with Crippen molar-refractivity contribution < 1.29 is 19.5 Å². The van der Waals surface area contributed by atoms with Crippen LogP contribution in [0.1, 0.15) is 13.3 Å². The van der Waals surface area contributed by atoms with Crippen LogP contribution in [0.3, 0.4) is 0 Å². The molecule has 0 bridgehead atoms. The van der Waals surface area contributed by atoms with Gasteiger partial charge in [0, 0.05) is 7.05 Å². The van der Waals surface area contributed by atoms with Crippen LogP contribution in [0.25, 0.3) is 0 Å². The molecule has 0 aliphatic heterocycles. The van der Waals surface area contributed by atoms with Gasteiger partial charge in [-0.05, 0) is 6.92 Å². The molecule has 0 aliphatic carbocycles. The molecule has 2 amide bonds. The summed E-state index contributed by atoms with van der Waals surface area (Å²) in [5.41, 5.74) is 5.28. The van der Waals surface area contributed by atoms with Crippen LogP contribution < -0.4 is 16.4 Å². The van der Waals surface area contributed by atoms with Crippen LogP contribution in [0.5, 0.6) is 0 Å². The van der Waals surface area contributed by atoms with E-state index in [1.165, 1.54) is 14.0 Å². The summed E-state index contributed by atoms with van der Waals surface area (Å²) in [6.07, 6.45) is -0.466. The fourth-order valence-corrected chi connectivity index (χ4v) is 0.883. The number of carboxylic acids is 1. The van der Waals surface area contributed by atoms with Crippen LogP contribution in [-0.4, -0.2) is 42.0 Å². The van der Waals surface area contributed by atoms with Crippen molar-refractivity contribution in [2.45, 2.75) is 25.4 Å². The van der Waals surface area contributed by atoms with Crippen molar-refractivity contribution >= 4 is 17.8 Å². The summed E-state index contributed by atoms with van der Waals surface area (Å²) in [4.78, 5) is 32.5. The van der Waals surface area contributed by atoms with E-state index in [1.807, 2.05) is 0 Å². The smallest absolute Gasteiger partial charge is 0.305 e. The van der Waals surface area contributed by atoms with Gasteiger partial charge in [-0.3, -0.25) is 14.4 Å². The Morgan fingerprint density at radius 2 is 1.87 bits per heavy atom. The molecule has 15 heavy (non-hydrogen) atoms. The summed E-state index contributed by atoms with van der Waals surface area (Å²) in [6.45, 7) is 1.48. The van der Waals surface area contributed by atoms with Gasteiger partial charge in [0.25, 0.3) is 0 Å². The quantitative estimate of drug-likeness (QED) is 0.426. The molecule has 0 spiro atoms. The normalized spacial score (nSPS) is 13.8. The molecular formula is C8H15N3O4. The van der Waals surface area contributed by atoms with E-state index in [1.54, 1.807) is 0 Å². The molecule has 0 fully saturated rings. The van der Waals surface area contributed by atoms with Crippen molar-refractivity contribution in [1.29, 1.82) is 0 Å². The Bertz CT molecular complexity index is 267. The van der Waals surface area contributed by atoms with Gasteiger partial charge in [0.1, 0.15) is 6.04 Å². The van der Waals surface area contributed by atoms with Crippen molar-refractivity contribution in [3.05, 3.63) is 0 Å². The Labute approximate surface area is 87.0 Å². The third-order valence-electron chi connectivity index (χ3n) is 1.73. The standard InChI is InChI=1S/C8H15N3O4/c1-4(7(14)10-2)11-8(15)5(9)3-6(12)13/h4-5H,3,9H2,1-2H3,(H,10,14)(H,11,15)(H,12,13). The average molecular weight is 217 g/mol. The molecule has 0 saturated heterocycles. The summed E-state index contributed by atoms with van der Waals surface area (Å²) >= 11 is 0. The van der Waals surface area contributed by atoms with Crippen molar-refractivity contribution in [2.24, 2.45) is 5.73 Å². The van der Waals surface area contributed by atoms with Crippen LogP contribution in [-0.2, 0) is 14.4 Å². The van der Waals surface area contributed by atoms with Gasteiger partial charge in [-0.15, -0.1) is 0 Å². The molecule has 0 aliphatic rings. The third-order valence-corrected chi connectivity index (χ3v) is 1.73. The summed E-state index contributed by atoms with van der Waals surface area (Å²) < 4.78 is 0. The fraction of sp³-hybridized carbons (Fsp3) is 0.625. The zero-order valence-electron chi connectivity index (χ0n) is 8.61. The number of carbonyl (C=O) groups is 3. The molecule has 0 aromatic heterocycles. The number of rotatable bonds is 5. The number of nitrogens with one attached hydrogen (secondary N) is 2. The predicted molar refractivity (Wildman–Crippen MR) is 51.9 cm³/mol. The molecule has 7 nitrogen and oxygen atoms in total. The average Bonchev–Trinajstić information content (AvgIpc) is 2.15. The lowest BCUT2D eigenvalue weighted by atomic mass is 10.2. The number of hydrogen-bond acceptors (Lipinski definition) is 4. The highest BCUT2D eigenvalue weighted by atomic mass is 16.4. The molecule has 0 aromatic rings. The predicted octanol–water partition coefficient (Wildman–Crippen LogP) is -1.96. The first-order valence-corrected chi connectivity index (χ1v) is 4.37. The minimum atomic E-state index is -1.16. The zero-order valence-corrected chi connectivity index (χ0v) is 8.61. The van der Waals surface area contributed by atoms with Crippen LogP contribution in [0, 0.1) is 0 Å². The second-order valence-corrected chi connectivity index (χ2v) is 3.05. The topological polar surface area (TPSA) is 122 Å². The van der Waals surface area contributed by atoms with E-state index in [0.717, 1.165) is 0 Å². The van der Waals surface area contributed by atoms with Crippen molar-refractivity contribution in [3.8, 4) is 0 Å². The summed E-state index contributed by atoms with van der Waals surface area (Å²) in [6, 6.07) is -1.88. The van der Waals surface area contributed by atoms with Crippen molar-refractivity contribution in [2.75, 3.05) is 7.05 Å². The summed E-state index contributed by atoms with van der Waals surface area (Å²) in [5, 5.41) is 13.0. The Morgan fingerprint density at radius 3 is 2.27 bits per heavy atom. The van der Waals surface area contributed by atoms with E-state index in [-0.39, 0.29) is 5.91 Å². The van der Waals surface area contributed by atoms with Crippen LogP contribution in [0.15, 0.2) is 0 Å². The lowest BCUT2D eigenvalue weighted by Crippen LogP contribution is -2.50. The second kappa shape index (κ2) is 5.97. The van der Waals surface area contributed by atoms with Crippen LogP contribution >= 0.6 is 0 Å². The number of likely N-dealkylation sites (N-methyl/N-ethyl adjacent to an activating group) is 1. The van der Waals surface area contributed by atoms with Gasteiger partial charge in [-0.25, -0.2) is 0 Å². The minimum Gasteiger partial charge on any atom is -0.481 e. The van der Waals surface area contributed by atoms with Gasteiger partial charge >= 0.3 is 5.97 Å². The van der Waals surface area contributed by atoms with Gasteiger partial charge in [0.15, 0.2) is 0 Å². The molecule has 0 rings (SSSR count). The number of carbonyl (C=O) groups excluding carboxylic acids is 2. The maximum Gasteiger partial charge on any atom is 0.305 e. The summed E-state index contributed by atoms with van der Waals surface area (Å²) in [7, 11) is 1.43. The molecule has 0 radical (unpaired) electrons. The number of aliphatic carboxylic acids is 1. The first-order chi connectivity index (χ1) is 6.88. The van der Waals surface area contributed by atoms with E-state index >= 15 is 0 Å². The molecule has 0 aromatic carbocycles. The molecule has 86 valence electrons. The number of amides is 2. The fourth-order valence-electron chi connectivity index (χ4n) is 0.883. The van der Waals surface area contributed by atoms with Crippen LogP contribution in [0.2, 0.25) is 0 Å². The Balaban J connectivity index is 4.12. The van der Waals surface area contributed by atoms with Gasteiger partial charge in [0.2, 0.25) is 11.8 Å². The highest BCUT2D eigenvalue weighted by Crippen LogP contribution is 1.90. The zero-order chi connectivity index (χ0) is 12.0. The van der Waals surface area contributed by atoms with E-state index < -0.39 is 30.4 Å². The molecular weight excluding hydrogens is 202 g/mol. The van der Waals surface area contributed by atoms with Crippen molar-refractivity contribution in [1.82, 2.24) is 10.6 Å². The molecule has 0 saturated carbocycles. The Morgan fingerprint density at radius 1 is 1.33 bits per heavy atom. The molecule has 7 heteroatoms. The first kappa shape index (κ1) is 13.4. The molecule has 2 atom stereocenters. The highest BCUT2D eigenvalue weighted by molar-refractivity contribution is 5.91. The van der Waals surface area contributed by atoms with E-state index in [4.69, 9.17) is 10.8 Å². The Hall–Kier alpha value is -1.63. The minimum absolute atomic E-state index is 0.370. The van der Waals surface area contributed by atoms with Gasteiger partial charge in [0.05, 0.1) is 12.5 Å². The molecule has 2 unspecified atom stereocenters. The monoisotopic (exact) mass is 217 g/mol. The maximum atomic E-state index is 11.2. The highest BCUT2D eigenvalue weighted by Gasteiger charge is 2.20. The number of hydrogen-bond donors (Lipinski definition) is 4. The SMILES string of the molecule is CNC(=O)C(C)NC(=O)C(N)CC(=O)O. The number of nitrogens with two attached hydrogens (primary N) is 1. The van der Waals surface area contributed by atoms with Crippen molar-refractivity contribution in [3.63, 3.8) is 0 Å². The maximum absolute atomic E-state index is 11.2. The van der Waals surface area contributed by atoms with Crippen LogP contribution in [0.4, 0.5) is 0 Å². The largest absolute Gasteiger partial charge is 0.481 e. The lowest BCUT2D eigenvalue weighted by Gasteiger charge is -2.15. The van der Waals surface area contributed by atoms with E-state index in [2.05, 4.69) is 10.6 Å². The number of carboxylic acid groups (broad SMARTS) is 1. The Kier molecular flexibility index (Phi) is 5.32. The first-order valence-electron chi connectivity index (χ1n) is 4.37. The van der Waals surface area contributed by atoms with Gasteiger partial charge in [-0.1, -0.05) is 0 Å². The second-order valence-electron chi connectivity index (χ2n) is 3.05. The third kappa shape index (κ3) is 4.96. The summed E-state index contributed by atoms with van der Waals surface area (Å²) in [5.74, 6) is -2.19. The van der Waals surface area contributed by atoms with E-state index in [0.29, 0.717) is 0 Å². The van der Waals surface area contributed by atoms with Gasteiger partial charge < -0.3 is 21.5 Å². The molecule has 0 heterocycles.